The first-order valence-electron chi connectivity index (χ1n) is 15.9. The molecule has 240 valence electrons. The highest BCUT2D eigenvalue weighted by atomic mass is 32.2. The van der Waals surface area contributed by atoms with Crippen LogP contribution in [0.2, 0.25) is 0 Å². The Morgan fingerprint density at radius 1 is 1.00 bits per heavy atom. The Labute approximate surface area is 273 Å². The molecular weight excluding hydrogens is 599 g/mol. The van der Waals surface area contributed by atoms with Crippen molar-refractivity contribution in [2.45, 2.75) is 63.5 Å². The summed E-state index contributed by atoms with van der Waals surface area (Å²) in [5.41, 5.74) is 6.23. The molecule has 3 heterocycles. The molecule has 1 aromatic heterocycles. The number of hydrogen-bond donors (Lipinski definition) is 2. The van der Waals surface area contributed by atoms with E-state index in [9.17, 15) is 18.5 Å². The average molecular weight is 641 g/mol. The summed E-state index contributed by atoms with van der Waals surface area (Å²) in [5, 5.41) is 13.3. The highest BCUT2D eigenvalue weighted by molar-refractivity contribution is 7.84. The molecule has 1 saturated heterocycles. The molecule has 6 rings (SSSR count). The van der Waals surface area contributed by atoms with Gasteiger partial charge in [-0.15, -0.1) is 0 Å². The Kier molecular flexibility index (Phi) is 9.47. The summed E-state index contributed by atoms with van der Waals surface area (Å²) in [5.74, 6) is -0.566. The predicted octanol–water partition coefficient (Wildman–Crippen LogP) is 6.26. The van der Waals surface area contributed by atoms with Crippen LogP contribution in [0.3, 0.4) is 0 Å². The lowest BCUT2D eigenvalue weighted by atomic mass is 9.94. The van der Waals surface area contributed by atoms with E-state index >= 15 is 0 Å². The molecule has 3 atom stereocenters. The fraction of sp³-hybridized carbons (Fsp3) is 0.351. The maximum absolute atomic E-state index is 14.1. The lowest BCUT2D eigenvalue weighted by Crippen LogP contribution is -2.37. The van der Waals surface area contributed by atoms with Crippen molar-refractivity contribution < 1.29 is 18.5 Å². The molecule has 0 radical (unpaired) electrons. The molecule has 0 unspecified atom stereocenters. The van der Waals surface area contributed by atoms with Gasteiger partial charge in [0.25, 0.3) is 5.91 Å². The molecule has 9 heteroatoms. The number of carbonyl (C=O) groups is 1. The average Bonchev–Trinajstić information content (AvgIpc) is 3.64. The Morgan fingerprint density at radius 3 is 2.43 bits per heavy atom. The van der Waals surface area contributed by atoms with E-state index in [1.807, 2.05) is 79.7 Å². The largest absolute Gasteiger partial charge is 0.396 e. The lowest BCUT2D eigenvalue weighted by Gasteiger charge is -2.30. The molecule has 2 aliphatic heterocycles. The topological polar surface area (TPSA) is 85.8 Å². The van der Waals surface area contributed by atoms with Crippen molar-refractivity contribution in [2.75, 3.05) is 19.7 Å². The second-order valence-corrected chi connectivity index (χ2v) is 15.4. The van der Waals surface area contributed by atoms with Gasteiger partial charge in [0.1, 0.15) is 22.5 Å². The van der Waals surface area contributed by atoms with E-state index in [0.717, 1.165) is 53.9 Å². The van der Waals surface area contributed by atoms with Crippen LogP contribution in [0.15, 0.2) is 84.9 Å². The molecule has 0 saturated carbocycles. The van der Waals surface area contributed by atoms with Crippen LogP contribution in [0.5, 0.6) is 0 Å². The summed E-state index contributed by atoms with van der Waals surface area (Å²) >= 11 is 0. The fourth-order valence-corrected chi connectivity index (χ4v) is 7.92. The van der Waals surface area contributed by atoms with E-state index in [0.29, 0.717) is 24.4 Å². The molecule has 3 aromatic carbocycles. The maximum atomic E-state index is 14.1. The molecule has 4 aromatic rings. The van der Waals surface area contributed by atoms with E-state index < -0.39 is 15.7 Å². The molecule has 0 aliphatic carbocycles. The van der Waals surface area contributed by atoms with Gasteiger partial charge in [-0.05, 0) is 80.1 Å². The van der Waals surface area contributed by atoms with Crippen LogP contribution in [-0.4, -0.2) is 59.9 Å². The van der Waals surface area contributed by atoms with Crippen LogP contribution in [0.25, 0.3) is 22.4 Å². The fourth-order valence-electron chi connectivity index (χ4n) is 6.51. The molecular formula is C37H41FN4O3S. The van der Waals surface area contributed by atoms with Gasteiger partial charge in [-0.25, -0.2) is 17.9 Å². The highest BCUT2D eigenvalue weighted by Crippen LogP contribution is 2.44. The van der Waals surface area contributed by atoms with Gasteiger partial charge in [0, 0.05) is 50.0 Å². The minimum absolute atomic E-state index is 0.00180. The third kappa shape index (κ3) is 6.98. The minimum Gasteiger partial charge on any atom is -0.396 e. The number of nitrogens with one attached hydrogen (secondary N) is 1. The van der Waals surface area contributed by atoms with Crippen LogP contribution in [0, 0.1) is 5.82 Å². The first-order valence-corrected chi connectivity index (χ1v) is 17.0. The molecule has 7 nitrogen and oxygen atoms in total. The zero-order valence-corrected chi connectivity index (χ0v) is 27.4. The Bertz CT molecular complexity index is 1740. The van der Waals surface area contributed by atoms with Crippen molar-refractivity contribution in [3.05, 3.63) is 113 Å². The molecule has 46 heavy (non-hydrogen) atoms. The van der Waals surface area contributed by atoms with E-state index in [2.05, 4.69) is 22.3 Å². The normalized spacial score (nSPS) is 19.2. The number of amides is 1. The van der Waals surface area contributed by atoms with Crippen molar-refractivity contribution >= 4 is 16.9 Å². The van der Waals surface area contributed by atoms with Crippen molar-refractivity contribution in [3.8, 4) is 22.4 Å². The number of aliphatic hydroxyl groups excluding tert-OH is 1. The number of aromatic nitrogens is 1. The number of halogens is 1. The summed E-state index contributed by atoms with van der Waals surface area (Å²) < 4.78 is 29.3. The van der Waals surface area contributed by atoms with Crippen LogP contribution in [0.1, 0.15) is 66.8 Å². The van der Waals surface area contributed by atoms with Crippen molar-refractivity contribution in [2.24, 2.45) is 0 Å². The number of pyridine rings is 1. The Hall–Kier alpha value is -3.76. The quantitative estimate of drug-likeness (QED) is 0.226. The summed E-state index contributed by atoms with van der Waals surface area (Å²) in [6, 6.07) is 26.0. The van der Waals surface area contributed by atoms with Gasteiger partial charge < -0.3 is 10.4 Å². The third-order valence-electron chi connectivity index (χ3n) is 8.67. The number of rotatable bonds is 9. The lowest BCUT2D eigenvalue weighted by molar-refractivity contribution is 0.0932. The predicted molar refractivity (Wildman–Crippen MR) is 181 cm³/mol. The van der Waals surface area contributed by atoms with E-state index in [-0.39, 0.29) is 30.4 Å². The van der Waals surface area contributed by atoms with Crippen LogP contribution in [0.4, 0.5) is 4.39 Å². The zero-order chi connectivity index (χ0) is 32.4. The smallest absolute Gasteiger partial charge is 0.270 e. The number of carbonyl (C=O) groups excluding carboxylic acids is 1. The number of benzene rings is 3. The van der Waals surface area contributed by atoms with Gasteiger partial charge in [0.05, 0.1) is 16.5 Å². The van der Waals surface area contributed by atoms with Gasteiger partial charge >= 0.3 is 0 Å². The van der Waals surface area contributed by atoms with Crippen molar-refractivity contribution in [1.82, 2.24) is 19.5 Å². The van der Waals surface area contributed by atoms with Crippen LogP contribution < -0.4 is 5.32 Å². The van der Waals surface area contributed by atoms with Crippen molar-refractivity contribution in [1.29, 1.82) is 0 Å². The molecule has 0 bridgehead atoms. The van der Waals surface area contributed by atoms with E-state index in [1.54, 1.807) is 6.07 Å². The first kappa shape index (κ1) is 32.2. The number of fused-ring (bicyclic) bond motifs is 1. The SMILES string of the molecule is CC(C)(C)[S@@](=O)N1Cc2cc(C(=O)N[C@@H]3CCN(Cc4ccccc4)C3)nc(-c3cccc(-c4cccc(F)c4)c3)c2[C@H]1CCO. The molecule has 2 aliphatic rings. The summed E-state index contributed by atoms with van der Waals surface area (Å²) in [7, 11) is -1.37. The van der Waals surface area contributed by atoms with E-state index in [1.165, 1.54) is 17.7 Å². The first-order chi connectivity index (χ1) is 22.1. The molecule has 2 N–H and O–H groups in total. The van der Waals surface area contributed by atoms with Gasteiger partial charge in [-0.2, -0.15) is 0 Å². The Balaban J connectivity index is 1.35. The minimum atomic E-state index is -1.37. The summed E-state index contributed by atoms with van der Waals surface area (Å²) in [6.45, 7) is 8.58. The van der Waals surface area contributed by atoms with Crippen LogP contribution in [-0.2, 0) is 24.1 Å². The third-order valence-corrected chi connectivity index (χ3v) is 10.5. The number of likely N-dealkylation sites (tertiary alicyclic amines) is 1. The molecule has 0 spiro atoms. The molecule has 1 amide bonds. The number of nitrogens with zero attached hydrogens (tertiary/aromatic N) is 3. The van der Waals surface area contributed by atoms with Gasteiger partial charge in [-0.1, -0.05) is 60.7 Å². The summed E-state index contributed by atoms with van der Waals surface area (Å²) in [4.78, 5) is 21.1. The Morgan fingerprint density at radius 2 is 1.72 bits per heavy atom. The van der Waals surface area contributed by atoms with E-state index in [4.69, 9.17) is 4.98 Å². The monoisotopic (exact) mass is 640 g/mol. The molecule has 1 fully saturated rings. The van der Waals surface area contributed by atoms with Gasteiger partial charge in [0.15, 0.2) is 0 Å². The summed E-state index contributed by atoms with van der Waals surface area (Å²) in [6.07, 6.45) is 1.22. The zero-order valence-electron chi connectivity index (χ0n) is 26.6. The number of hydrogen-bond acceptors (Lipinski definition) is 5. The van der Waals surface area contributed by atoms with Gasteiger partial charge in [0.2, 0.25) is 0 Å². The highest BCUT2D eigenvalue weighted by Gasteiger charge is 2.40. The van der Waals surface area contributed by atoms with Gasteiger partial charge in [-0.3, -0.25) is 9.69 Å². The second kappa shape index (κ2) is 13.5. The maximum Gasteiger partial charge on any atom is 0.270 e. The number of aliphatic hydroxyl groups is 1. The van der Waals surface area contributed by atoms with Crippen molar-refractivity contribution in [3.63, 3.8) is 0 Å². The van der Waals surface area contributed by atoms with Crippen LogP contribution >= 0.6 is 0 Å². The second-order valence-electron chi connectivity index (χ2n) is 13.2. The standard InChI is InChI=1S/C37H41FN4O3S/c1-37(2,3)46(45)42-23-29-21-32(36(44)39-31-15-17-41(24-31)22-25-9-5-4-6-10-25)40-35(34(29)33(42)16-18-43)28-13-7-11-26(19-28)27-12-8-14-30(38)20-27/h4-14,19-21,31,33,43H,15-18,22-24H2,1-3H3,(H,39,44)/t31-,33-,46-/m1/s1.